The smallest absolute Gasteiger partial charge is 0.317 e. The number of aromatic nitrogens is 2. The van der Waals surface area contributed by atoms with E-state index in [4.69, 9.17) is 16.3 Å². The van der Waals surface area contributed by atoms with Crippen LogP contribution in [0.5, 0.6) is 0 Å². The molecule has 0 aliphatic heterocycles. The topological polar surface area (TPSA) is 52.1 Å². The molecule has 0 saturated carbocycles. The van der Waals surface area contributed by atoms with Crippen LogP contribution in [0.25, 0.3) is 0 Å². The Morgan fingerprint density at radius 2 is 2.41 bits per heavy atom. The van der Waals surface area contributed by atoms with Gasteiger partial charge in [0.25, 0.3) is 0 Å². The maximum absolute atomic E-state index is 11.0. The Morgan fingerprint density at radius 3 is 3.00 bits per heavy atom. The van der Waals surface area contributed by atoms with E-state index in [1.54, 1.807) is 13.1 Å². The molecule has 17 heavy (non-hydrogen) atoms. The number of carbonyl (C=O) groups is 1. The van der Waals surface area contributed by atoms with Gasteiger partial charge in [0.15, 0.2) is 5.16 Å². The van der Waals surface area contributed by atoms with Gasteiger partial charge < -0.3 is 4.74 Å². The molecule has 0 unspecified atom stereocenters. The lowest BCUT2D eigenvalue weighted by molar-refractivity contribution is -0.141. The summed E-state index contributed by atoms with van der Waals surface area (Å²) in [7, 11) is 0. The lowest BCUT2D eigenvalue weighted by atomic mass is 10.3. The highest BCUT2D eigenvalue weighted by molar-refractivity contribution is 7.98. The molecule has 1 rings (SSSR count). The summed E-state index contributed by atoms with van der Waals surface area (Å²) in [6.45, 7) is 2.10. The molecule has 0 aliphatic rings. The second-order valence-electron chi connectivity index (χ2n) is 2.84. The van der Waals surface area contributed by atoms with E-state index in [0.717, 1.165) is 0 Å². The molecule has 0 amide bonds. The average molecular weight is 271 g/mol. The number of carbonyl (C=O) groups excluding carboxylic acids is 1. The highest BCUT2D eigenvalue weighted by atomic mass is 35.5. The molecule has 0 fully saturated rings. The van der Waals surface area contributed by atoms with Crippen LogP contribution >= 0.6 is 23.4 Å². The Balaban J connectivity index is 2.69. The van der Waals surface area contributed by atoms with Crippen molar-refractivity contribution >= 4 is 29.3 Å². The molecule has 1 aromatic rings. The zero-order valence-electron chi connectivity index (χ0n) is 9.49. The SMILES string of the molecule is CCOC(=O)CC#Cc1cnc(SC)nc1Cl. The van der Waals surface area contributed by atoms with Gasteiger partial charge in [0.05, 0.1) is 12.2 Å². The van der Waals surface area contributed by atoms with Crippen LogP contribution in [0.2, 0.25) is 5.15 Å². The molecule has 0 spiro atoms. The average Bonchev–Trinajstić information content (AvgIpc) is 2.31. The first-order valence-electron chi connectivity index (χ1n) is 4.88. The summed E-state index contributed by atoms with van der Waals surface area (Å²) in [4.78, 5) is 19.1. The molecule has 0 bridgehead atoms. The van der Waals surface area contributed by atoms with Crippen molar-refractivity contribution in [1.29, 1.82) is 0 Å². The largest absolute Gasteiger partial charge is 0.465 e. The van der Waals surface area contributed by atoms with Crippen LogP contribution in [0.15, 0.2) is 11.4 Å². The minimum absolute atomic E-state index is 0.0362. The third-order valence-electron chi connectivity index (χ3n) is 1.66. The predicted molar refractivity (Wildman–Crippen MR) is 67.0 cm³/mol. The molecule has 0 aliphatic carbocycles. The molecular weight excluding hydrogens is 260 g/mol. The summed E-state index contributed by atoms with van der Waals surface area (Å²) in [6, 6.07) is 0. The summed E-state index contributed by atoms with van der Waals surface area (Å²) >= 11 is 7.30. The van der Waals surface area contributed by atoms with Crippen LogP contribution in [0.3, 0.4) is 0 Å². The maximum atomic E-state index is 11.0. The fourth-order valence-electron chi connectivity index (χ4n) is 0.952. The number of nitrogens with zero attached hydrogens (tertiary/aromatic N) is 2. The first kappa shape index (κ1) is 13.8. The lowest BCUT2D eigenvalue weighted by Gasteiger charge is -1.97. The van der Waals surface area contributed by atoms with Crippen LogP contribution in [0, 0.1) is 11.8 Å². The van der Waals surface area contributed by atoms with Crippen molar-refractivity contribution in [3.63, 3.8) is 0 Å². The van der Waals surface area contributed by atoms with E-state index in [9.17, 15) is 4.79 Å². The van der Waals surface area contributed by atoms with Crippen molar-refractivity contribution in [2.45, 2.75) is 18.5 Å². The summed E-state index contributed by atoms with van der Waals surface area (Å²) in [5, 5.41) is 0.881. The third kappa shape index (κ3) is 4.63. The standard InChI is InChI=1S/C11H11ClN2O2S/c1-3-16-9(15)6-4-5-8-7-13-11(17-2)14-10(8)12/h7H,3,6H2,1-2H3. The fraction of sp³-hybridized carbons (Fsp3) is 0.364. The van der Waals surface area contributed by atoms with Crippen LogP contribution in [0.1, 0.15) is 18.9 Å². The second-order valence-corrected chi connectivity index (χ2v) is 3.98. The number of hydrogen-bond acceptors (Lipinski definition) is 5. The Labute approximate surface area is 109 Å². The van der Waals surface area contributed by atoms with Gasteiger partial charge in [0.2, 0.25) is 0 Å². The van der Waals surface area contributed by atoms with Gasteiger partial charge in [-0.2, -0.15) is 0 Å². The number of esters is 1. The zero-order chi connectivity index (χ0) is 12.7. The summed E-state index contributed by atoms with van der Waals surface area (Å²) in [5.41, 5.74) is 0.508. The second kappa shape index (κ2) is 7.15. The lowest BCUT2D eigenvalue weighted by Crippen LogP contribution is -2.01. The van der Waals surface area contributed by atoms with Gasteiger partial charge in [-0.3, -0.25) is 4.79 Å². The Morgan fingerprint density at radius 1 is 1.65 bits per heavy atom. The van der Waals surface area contributed by atoms with Crippen molar-refractivity contribution in [2.24, 2.45) is 0 Å². The number of ether oxygens (including phenoxy) is 1. The third-order valence-corrected chi connectivity index (χ3v) is 2.51. The molecule has 1 aromatic heterocycles. The molecule has 4 nitrogen and oxygen atoms in total. The summed E-state index contributed by atoms with van der Waals surface area (Å²) in [5.74, 6) is 5.06. The van der Waals surface area contributed by atoms with Gasteiger partial charge in [0, 0.05) is 6.20 Å². The molecule has 0 radical (unpaired) electrons. The first-order valence-corrected chi connectivity index (χ1v) is 6.48. The van der Waals surface area contributed by atoms with Gasteiger partial charge in [-0.15, -0.1) is 0 Å². The van der Waals surface area contributed by atoms with Crippen LogP contribution in [-0.2, 0) is 9.53 Å². The van der Waals surface area contributed by atoms with Crippen molar-refractivity contribution in [1.82, 2.24) is 9.97 Å². The number of rotatable bonds is 3. The van der Waals surface area contributed by atoms with Gasteiger partial charge in [-0.05, 0) is 13.2 Å². The monoisotopic (exact) mass is 270 g/mol. The van der Waals surface area contributed by atoms with Crippen molar-refractivity contribution in [2.75, 3.05) is 12.9 Å². The van der Waals surface area contributed by atoms with E-state index in [-0.39, 0.29) is 12.4 Å². The maximum Gasteiger partial charge on any atom is 0.317 e. The van der Waals surface area contributed by atoms with E-state index in [1.807, 2.05) is 6.26 Å². The predicted octanol–water partition coefficient (Wildman–Crippen LogP) is 2.16. The molecule has 6 heteroatoms. The van der Waals surface area contributed by atoms with Crippen LogP contribution in [0.4, 0.5) is 0 Å². The van der Waals surface area contributed by atoms with E-state index in [2.05, 4.69) is 21.8 Å². The quantitative estimate of drug-likeness (QED) is 0.277. The number of thioether (sulfide) groups is 1. The molecule has 0 N–H and O–H groups in total. The van der Waals surface area contributed by atoms with Crippen molar-refractivity contribution in [3.05, 3.63) is 16.9 Å². The first-order chi connectivity index (χ1) is 8.17. The summed E-state index contributed by atoms with van der Waals surface area (Å²) in [6.07, 6.45) is 3.44. The minimum atomic E-state index is -0.349. The van der Waals surface area contributed by atoms with E-state index in [1.165, 1.54) is 11.8 Å². The molecule has 90 valence electrons. The Kier molecular flexibility index (Phi) is 5.81. The highest BCUT2D eigenvalue weighted by Crippen LogP contribution is 2.15. The Hall–Kier alpha value is -1.25. The van der Waals surface area contributed by atoms with Gasteiger partial charge >= 0.3 is 5.97 Å². The summed E-state index contributed by atoms with van der Waals surface area (Å²) < 4.78 is 4.74. The molecular formula is C11H11ClN2O2S. The molecule has 1 heterocycles. The fourth-order valence-corrected chi connectivity index (χ4v) is 1.52. The normalized spacial score (nSPS) is 9.35. The van der Waals surface area contributed by atoms with E-state index >= 15 is 0 Å². The molecule has 0 atom stereocenters. The van der Waals surface area contributed by atoms with Gasteiger partial charge in [-0.25, -0.2) is 9.97 Å². The Bertz CT molecular complexity index is 468. The minimum Gasteiger partial charge on any atom is -0.465 e. The van der Waals surface area contributed by atoms with Crippen molar-refractivity contribution in [3.8, 4) is 11.8 Å². The van der Waals surface area contributed by atoms with Crippen molar-refractivity contribution < 1.29 is 9.53 Å². The molecule has 0 saturated heterocycles. The van der Waals surface area contributed by atoms with E-state index in [0.29, 0.717) is 22.5 Å². The molecule has 0 aromatic carbocycles. The number of halogens is 1. The van der Waals surface area contributed by atoms with Crippen LogP contribution in [-0.4, -0.2) is 28.8 Å². The number of hydrogen-bond donors (Lipinski definition) is 0. The zero-order valence-corrected chi connectivity index (χ0v) is 11.1. The van der Waals surface area contributed by atoms with Gasteiger partial charge in [0.1, 0.15) is 11.6 Å². The highest BCUT2D eigenvalue weighted by Gasteiger charge is 2.02. The van der Waals surface area contributed by atoms with Gasteiger partial charge in [-0.1, -0.05) is 35.2 Å². The van der Waals surface area contributed by atoms with Crippen LogP contribution < -0.4 is 0 Å². The van der Waals surface area contributed by atoms with E-state index < -0.39 is 0 Å².